The van der Waals surface area contributed by atoms with Gasteiger partial charge in [0, 0.05) is 62.8 Å². The molecule has 2 aromatic rings. The lowest BCUT2D eigenvalue weighted by molar-refractivity contribution is -0.137. The zero-order valence-corrected chi connectivity index (χ0v) is 21.3. The highest BCUT2D eigenvalue weighted by atomic mass is 19.4. The average molecular weight is 532 g/mol. The molecule has 4 rings (SSSR count). The Bertz CT molecular complexity index is 1170. The first-order chi connectivity index (χ1) is 18.2. The molecule has 4 amide bonds. The number of amides is 4. The fourth-order valence-corrected chi connectivity index (χ4v) is 4.70. The third-order valence-electron chi connectivity index (χ3n) is 6.82. The van der Waals surface area contributed by atoms with Gasteiger partial charge < -0.3 is 25.3 Å². The van der Waals surface area contributed by atoms with Crippen LogP contribution < -0.4 is 15.5 Å². The monoisotopic (exact) mass is 531 g/mol. The van der Waals surface area contributed by atoms with E-state index in [1.807, 2.05) is 15.9 Å². The number of rotatable bonds is 5. The number of hydrogen-bond donors (Lipinski definition) is 2. The van der Waals surface area contributed by atoms with Crippen molar-refractivity contribution in [2.45, 2.75) is 38.8 Å². The number of piperazine rings is 1. The van der Waals surface area contributed by atoms with Crippen LogP contribution in [0.15, 0.2) is 42.5 Å². The third kappa shape index (κ3) is 6.56. The summed E-state index contributed by atoms with van der Waals surface area (Å²) in [5.74, 6) is -0.230. The Morgan fingerprint density at radius 2 is 1.50 bits per heavy atom. The van der Waals surface area contributed by atoms with E-state index in [0.29, 0.717) is 56.9 Å². The first kappa shape index (κ1) is 27.3. The van der Waals surface area contributed by atoms with Crippen molar-refractivity contribution in [1.82, 2.24) is 9.80 Å². The third-order valence-corrected chi connectivity index (χ3v) is 6.82. The molecule has 2 N–H and O–H groups in total. The number of urea groups is 1. The maximum absolute atomic E-state index is 13.5. The lowest BCUT2D eigenvalue weighted by Gasteiger charge is -2.37. The van der Waals surface area contributed by atoms with Gasteiger partial charge in [-0.15, -0.1) is 0 Å². The number of hydrogen-bond acceptors (Lipinski definition) is 4. The summed E-state index contributed by atoms with van der Waals surface area (Å²) < 4.78 is 39.0. The van der Waals surface area contributed by atoms with Crippen molar-refractivity contribution >= 4 is 34.9 Å². The highest BCUT2D eigenvalue weighted by Crippen LogP contribution is 2.31. The van der Waals surface area contributed by atoms with Crippen molar-refractivity contribution in [3.05, 3.63) is 53.6 Å². The van der Waals surface area contributed by atoms with Crippen molar-refractivity contribution in [1.29, 1.82) is 0 Å². The van der Waals surface area contributed by atoms with Crippen LogP contribution in [-0.2, 0) is 11.0 Å². The van der Waals surface area contributed by atoms with Crippen molar-refractivity contribution in [3.63, 3.8) is 0 Å². The summed E-state index contributed by atoms with van der Waals surface area (Å²) in [7, 11) is 0. The number of nitrogens with one attached hydrogen (secondary N) is 2. The normalized spacial score (nSPS) is 16.3. The topological polar surface area (TPSA) is 85.0 Å². The maximum atomic E-state index is 13.5. The van der Waals surface area contributed by atoms with Gasteiger partial charge in [-0.05, 0) is 55.7 Å². The summed E-state index contributed by atoms with van der Waals surface area (Å²) in [6.45, 7) is 4.67. The summed E-state index contributed by atoms with van der Waals surface area (Å²) in [5, 5.41) is 5.37. The molecule has 0 radical (unpaired) electrons. The Labute approximate surface area is 219 Å². The van der Waals surface area contributed by atoms with E-state index in [-0.39, 0.29) is 17.5 Å². The van der Waals surface area contributed by atoms with E-state index >= 15 is 0 Å². The minimum atomic E-state index is -4.50. The highest BCUT2D eigenvalue weighted by molar-refractivity contribution is 6.02. The van der Waals surface area contributed by atoms with Gasteiger partial charge in [0.15, 0.2) is 0 Å². The molecule has 11 heteroatoms. The Balaban J connectivity index is 1.46. The van der Waals surface area contributed by atoms with Gasteiger partial charge in [-0.25, -0.2) is 4.79 Å². The maximum Gasteiger partial charge on any atom is 0.416 e. The van der Waals surface area contributed by atoms with E-state index < -0.39 is 17.8 Å². The number of benzene rings is 2. The predicted molar refractivity (Wildman–Crippen MR) is 139 cm³/mol. The zero-order chi connectivity index (χ0) is 27.3. The fraction of sp³-hybridized carbons (Fsp3) is 0.444. The molecular formula is C27H32F3N5O3. The number of piperidine rings is 1. The van der Waals surface area contributed by atoms with Crippen LogP contribution in [0.3, 0.4) is 0 Å². The molecule has 0 aromatic heterocycles. The van der Waals surface area contributed by atoms with E-state index in [4.69, 9.17) is 0 Å². The van der Waals surface area contributed by atoms with Gasteiger partial charge in [0.05, 0.1) is 11.1 Å². The molecule has 2 saturated heterocycles. The number of nitrogens with zero attached hydrogens (tertiary/aromatic N) is 3. The SMILES string of the molecule is CCC(=O)Nc1ccc(N2CCN(C(=O)Nc3cccc(C(F)(F)F)c3)CC2)c(C(=O)N2CCCCC2)c1. The average Bonchev–Trinajstić information content (AvgIpc) is 2.93. The molecule has 2 aliphatic rings. The predicted octanol–water partition coefficient (Wildman–Crippen LogP) is 5.03. The van der Waals surface area contributed by atoms with E-state index in [1.54, 1.807) is 24.0 Å². The molecule has 0 bridgehead atoms. The minimum Gasteiger partial charge on any atom is -0.367 e. The fourth-order valence-electron chi connectivity index (χ4n) is 4.70. The second-order valence-corrected chi connectivity index (χ2v) is 9.47. The van der Waals surface area contributed by atoms with E-state index in [0.717, 1.165) is 37.1 Å². The molecular weight excluding hydrogens is 499 g/mol. The van der Waals surface area contributed by atoms with Crippen LogP contribution in [0, 0.1) is 0 Å². The molecule has 0 saturated carbocycles. The van der Waals surface area contributed by atoms with Gasteiger partial charge in [0.1, 0.15) is 0 Å². The van der Waals surface area contributed by atoms with Crippen LogP contribution in [0.5, 0.6) is 0 Å². The number of halogens is 3. The Morgan fingerprint density at radius 1 is 0.816 bits per heavy atom. The molecule has 2 aromatic carbocycles. The smallest absolute Gasteiger partial charge is 0.367 e. The van der Waals surface area contributed by atoms with Crippen LogP contribution in [-0.4, -0.2) is 66.9 Å². The van der Waals surface area contributed by atoms with E-state index in [2.05, 4.69) is 10.6 Å². The molecule has 38 heavy (non-hydrogen) atoms. The number of anilines is 3. The molecule has 8 nitrogen and oxygen atoms in total. The lowest BCUT2D eigenvalue weighted by atomic mass is 10.1. The zero-order valence-electron chi connectivity index (χ0n) is 21.3. The van der Waals surface area contributed by atoms with Crippen LogP contribution >= 0.6 is 0 Å². The second kappa shape index (κ2) is 11.7. The minimum absolute atomic E-state index is 0.0754. The van der Waals surface area contributed by atoms with Gasteiger partial charge in [0.2, 0.25) is 5.91 Å². The number of likely N-dealkylation sites (tertiary alicyclic amines) is 1. The van der Waals surface area contributed by atoms with Crippen molar-refractivity contribution in [3.8, 4) is 0 Å². The molecule has 2 fully saturated rings. The first-order valence-corrected chi connectivity index (χ1v) is 12.9. The summed E-state index contributed by atoms with van der Waals surface area (Å²) in [6.07, 6.45) is -1.18. The number of carbonyl (C=O) groups is 3. The summed E-state index contributed by atoms with van der Waals surface area (Å²) >= 11 is 0. The van der Waals surface area contributed by atoms with Crippen molar-refractivity contribution < 1.29 is 27.6 Å². The van der Waals surface area contributed by atoms with Crippen molar-refractivity contribution in [2.75, 3.05) is 54.8 Å². The Morgan fingerprint density at radius 3 is 2.16 bits per heavy atom. The Hall–Kier alpha value is -3.76. The molecule has 204 valence electrons. The van der Waals surface area contributed by atoms with Gasteiger partial charge in [-0.1, -0.05) is 13.0 Å². The van der Waals surface area contributed by atoms with E-state index in [9.17, 15) is 27.6 Å². The van der Waals surface area contributed by atoms with Crippen LogP contribution in [0.25, 0.3) is 0 Å². The van der Waals surface area contributed by atoms with Crippen LogP contribution in [0.2, 0.25) is 0 Å². The molecule has 0 aliphatic carbocycles. The molecule has 0 spiro atoms. The summed E-state index contributed by atoms with van der Waals surface area (Å²) in [6, 6.07) is 9.36. The highest BCUT2D eigenvalue weighted by Gasteiger charge is 2.31. The van der Waals surface area contributed by atoms with Crippen LogP contribution in [0.1, 0.15) is 48.5 Å². The van der Waals surface area contributed by atoms with E-state index in [1.165, 1.54) is 12.1 Å². The summed E-state index contributed by atoms with van der Waals surface area (Å²) in [5.41, 5.74) is 1.03. The second-order valence-electron chi connectivity index (χ2n) is 9.47. The lowest BCUT2D eigenvalue weighted by Crippen LogP contribution is -2.50. The molecule has 0 unspecified atom stereocenters. The number of alkyl halides is 3. The molecule has 2 heterocycles. The summed E-state index contributed by atoms with van der Waals surface area (Å²) in [4.78, 5) is 43.6. The van der Waals surface area contributed by atoms with Gasteiger partial charge in [-0.3, -0.25) is 9.59 Å². The largest absolute Gasteiger partial charge is 0.416 e. The Kier molecular flexibility index (Phi) is 8.43. The van der Waals surface area contributed by atoms with Crippen molar-refractivity contribution in [2.24, 2.45) is 0 Å². The van der Waals surface area contributed by atoms with Gasteiger partial charge in [-0.2, -0.15) is 13.2 Å². The van der Waals surface area contributed by atoms with Gasteiger partial charge in [0.25, 0.3) is 5.91 Å². The molecule has 0 atom stereocenters. The quantitative estimate of drug-likeness (QED) is 0.567. The number of carbonyl (C=O) groups excluding carboxylic acids is 3. The van der Waals surface area contributed by atoms with Gasteiger partial charge >= 0.3 is 12.2 Å². The molecule has 2 aliphatic heterocycles. The standard InChI is InChI=1S/C27H32F3N5O3/c1-2-24(36)31-21-9-10-23(22(18-21)25(37)34-11-4-3-5-12-34)33-13-15-35(16-14-33)26(38)32-20-8-6-7-19(17-20)27(28,29)30/h6-10,17-18H,2-5,11-16H2,1H3,(H,31,36)(H,32,38). The first-order valence-electron chi connectivity index (χ1n) is 12.9. The van der Waals surface area contributed by atoms with Crippen LogP contribution in [0.4, 0.5) is 35.0 Å².